The van der Waals surface area contributed by atoms with E-state index in [1.54, 1.807) is 0 Å². The third-order valence-corrected chi connectivity index (χ3v) is 3.40. The summed E-state index contributed by atoms with van der Waals surface area (Å²) in [4.78, 5) is 22.1. The summed E-state index contributed by atoms with van der Waals surface area (Å²) in [7, 11) is 1.43. The number of fused-ring (bicyclic) bond motifs is 1. The van der Waals surface area contributed by atoms with E-state index in [9.17, 15) is 15.0 Å². The predicted octanol–water partition coefficient (Wildman–Crippen LogP) is -1.61. The van der Waals surface area contributed by atoms with Crippen molar-refractivity contribution in [1.29, 1.82) is 0 Å². The highest BCUT2D eigenvalue weighted by molar-refractivity contribution is 5.68. The van der Waals surface area contributed by atoms with Crippen molar-refractivity contribution in [2.45, 2.75) is 24.5 Å². The topological polar surface area (TPSA) is 122 Å². The zero-order chi connectivity index (χ0) is 14.3. The lowest BCUT2D eigenvalue weighted by atomic mass is 10.1. The first-order chi connectivity index (χ1) is 9.67. The molecule has 0 radical (unpaired) electrons. The Morgan fingerprint density at radius 1 is 1.55 bits per heavy atom. The van der Waals surface area contributed by atoms with Crippen LogP contribution in [0.25, 0.3) is 11.2 Å². The van der Waals surface area contributed by atoms with Gasteiger partial charge in [0, 0.05) is 7.11 Å². The zero-order valence-electron chi connectivity index (χ0n) is 10.6. The number of rotatable bonds is 3. The third kappa shape index (κ3) is 1.83. The van der Waals surface area contributed by atoms with Gasteiger partial charge in [-0.2, -0.15) is 0 Å². The van der Waals surface area contributed by atoms with Crippen molar-refractivity contribution in [1.82, 2.24) is 19.5 Å². The molecule has 3 N–H and O–H groups in total. The van der Waals surface area contributed by atoms with Crippen LogP contribution < -0.4 is 5.56 Å². The number of aliphatic hydroxyl groups is 2. The van der Waals surface area contributed by atoms with Gasteiger partial charge in [-0.05, 0) is 0 Å². The van der Waals surface area contributed by atoms with Gasteiger partial charge < -0.3 is 24.7 Å². The van der Waals surface area contributed by atoms with Gasteiger partial charge in [-0.1, -0.05) is 0 Å². The number of methoxy groups -OCH3 is 1. The SMILES string of the molecule is CO[C@H]1[C@H](O)[C@H](CO)O[C@@H]1n1cnc2c(=O)[nH]cnc21. The normalized spacial score (nSPS) is 30.1. The molecule has 0 aromatic carbocycles. The molecule has 2 aromatic rings. The summed E-state index contributed by atoms with van der Waals surface area (Å²) in [5.41, 5.74) is 0.138. The Kier molecular flexibility index (Phi) is 3.26. The first-order valence-corrected chi connectivity index (χ1v) is 6.04. The predicted molar refractivity (Wildman–Crippen MR) is 65.9 cm³/mol. The van der Waals surface area contributed by atoms with E-state index in [1.165, 1.54) is 24.3 Å². The van der Waals surface area contributed by atoms with Crippen molar-refractivity contribution in [3.63, 3.8) is 0 Å². The number of aromatic nitrogens is 4. The molecule has 1 aliphatic heterocycles. The van der Waals surface area contributed by atoms with Gasteiger partial charge in [-0.15, -0.1) is 0 Å². The van der Waals surface area contributed by atoms with Crippen LogP contribution in [0.1, 0.15) is 6.23 Å². The van der Waals surface area contributed by atoms with Crippen LogP contribution in [0, 0.1) is 0 Å². The minimum absolute atomic E-state index is 0.174. The second kappa shape index (κ2) is 4.94. The van der Waals surface area contributed by atoms with E-state index in [2.05, 4.69) is 15.0 Å². The molecule has 0 bridgehead atoms. The lowest BCUT2D eigenvalue weighted by Crippen LogP contribution is -2.34. The summed E-state index contributed by atoms with van der Waals surface area (Å²) >= 11 is 0. The lowest BCUT2D eigenvalue weighted by molar-refractivity contribution is -0.0583. The zero-order valence-corrected chi connectivity index (χ0v) is 10.6. The minimum atomic E-state index is -0.977. The molecule has 0 spiro atoms. The molecule has 20 heavy (non-hydrogen) atoms. The number of imidazole rings is 1. The summed E-state index contributed by atoms with van der Waals surface area (Å²) in [6.45, 7) is -0.335. The van der Waals surface area contributed by atoms with Crippen molar-refractivity contribution in [3.05, 3.63) is 23.0 Å². The molecule has 1 aliphatic rings. The molecule has 2 aromatic heterocycles. The van der Waals surface area contributed by atoms with Crippen LogP contribution in [0.3, 0.4) is 0 Å². The lowest BCUT2D eigenvalue weighted by Gasteiger charge is -2.19. The van der Waals surface area contributed by atoms with Crippen molar-refractivity contribution >= 4 is 11.2 Å². The molecule has 0 unspecified atom stereocenters. The highest BCUT2D eigenvalue weighted by Gasteiger charge is 2.45. The van der Waals surface area contributed by atoms with Gasteiger partial charge in [0.25, 0.3) is 5.56 Å². The highest BCUT2D eigenvalue weighted by Crippen LogP contribution is 2.32. The van der Waals surface area contributed by atoms with Gasteiger partial charge >= 0.3 is 0 Å². The van der Waals surface area contributed by atoms with E-state index < -0.39 is 24.5 Å². The van der Waals surface area contributed by atoms with Gasteiger partial charge in [0.05, 0.1) is 19.3 Å². The molecule has 9 heteroatoms. The number of hydrogen-bond acceptors (Lipinski definition) is 7. The average Bonchev–Trinajstić information content (AvgIpc) is 3.00. The quantitative estimate of drug-likeness (QED) is 0.618. The Morgan fingerprint density at radius 2 is 2.35 bits per heavy atom. The summed E-state index contributed by atoms with van der Waals surface area (Å²) in [6, 6.07) is 0. The summed E-state index contributed by atoms with van der Waals surface area (Å²) < 4.78 is 12.3. The largest absolute Gasteiger partial charge is 0.394 e. The van der Waals surface area contributed by atoms with Crippen LogP contribution >= 0.6 is 0 Å². The van der Waals surface area contributed by atoms with Gasteiger partial charge in [0.2, 0.25) is 0 Å². The van der Waals surface area contributed by atoms with Crippen LogP contribution in [0.4, 0.5) is 0 Å². The molecule has 0 saturated carbocycles. The average molecular weight is 282 g/mol. The second-order valence-corrected chi connectivity index (χ2v) is 4.49. The van der Waals surface area contributed by atoms with E-state index >= 15 is 0 Å². The number of ether oxygens (including phenoxy) is 2. The molecule has 1 fully saturated rings. The van der Waals surface area contributed by atoms with E-state index in [4.69, 9.17) is 9.47 Å². The summed E-state index contributed by atoms with van der Waals surface area (Å²) in [5.74, 6) is 0. The first-order valence-electron chi connectivity index (χ1n) is 6.04. The van der Waals surface area contributed by atoms with Crippen molar-refractivity contribution in [2.24, 2.45) is 0 Å². The fraction of sp³-hybridized carbons (Fsp3) is 0.545. The molecule has 3 rings (SSSR count). The Hall–Kier alpha value is -1.81. The highest BCUT2D eigenvalue weighted by atomic mass is 16.6. The number of hydrogen-bond donors (Lipinski definition) is 3. The van der Waals surface area contributed by atoms with Gasteiger partial charge in [0.1, 0.15) is 18.3 Å². The van der Waals surface area contributed by atoms with E-state index in [-0.39, 0.29) is 17.7 Å². The van der Waals surface area contributed by atoms with E-state index in [0.717, 1.165) is 0 Å². The van der Waals surface area contributed by atoms with Crippen LogP contribution in [0.5, 0.6) is 0 Å². The smallest absolute Gasteiger partial charge is 0.278 e. The summed E-state index contributed by atoms with van der Waals surface area (Å²) in [6.07, 6.45) is -0.480. The molecule has 4 atom stereocenters. The Bertz CT molecular complexity index is 668. The Balaban J connectivity index is 2.06. The molecule has 108 valence electrons. The van der Waals surface area contributed by atoms with Gasteiger partial charge in [0.15, 0.2) is 17.4 Å². The van der Waals surface area contributed by atoms with E-state index in [1.807, 2.05) is 0 Å². The van der Waals surface area contributed by atoms with Gasteiger partial charge in [-0.25, -0.2) is 9.97 Å². The molecular formula is C11H14N4O5. The van der Waals surface area contributed by atoms with Crippen LogP contribution in [-0.2, 0) is 9.47 Å². The van der Waals surface area contributed by atoms with Crippen LogP contribution in [-0.4, -0.2) is 61.8 Å². The van der Waals surface area contributed by atoms with Crippen molar-refractivity contribution in [3.8, 4) is 0 Å². The molecule has 9 nitrogen and oxygen atoms in total. The van der Waals surface area contributed by atoms with Crippen molar-refractivity contribution in [2.75, 3.05) is 13.7 Å². The maximum atomic E-state index is 11.6. The van der Waals surface area contributed by atoms with Crippen LogP contribution in [0.15, 0.2) is 17.4 Å². The van der Waals surface area contributed by atoms with Crippen LogP contribution in [0.2, 0.25) is 0 Å². The first kappa shape index (κ1) is 13.2. The number of nitrogens with zero attached hydrogens (tertiary/aromatic N) is 3. The van der Waals surface area contributed by atoms with E-state index in [0.29, 0.717) is 5.65 Å². The monoisotopic (exact) mass is 282 g/mol. The maximum absolute atomic E-state index is 11.6. The fourth-order valence-electron chi connectivity index (χ4n) is 2.40. The number of H-pyrrole nitrogens is 1. The minimum Gasteiger partial charge on any atom is -0.394 e. The molecule has 0 aliphatic carbocycles. The number of nitrogens with one attached hydrogen (secondary N) is 1. The van der Waals surface area contributed by atoms with Crippen molar-refractivity contribution < 1.29 is 19.7 Å². The second-order valence-electron chi connectivity index (χ2n) is 4.49. The number of aromatic amines is 1. The Morgan fingerprint density at radius 3 is 3.05 bits per heavy atom. The molecule has 0 amide bonds. The van der Waals surface area contributed by atoms with Gasteiger partial charge in [-0.3, -0.25) is 9.36 Å². The number of aliphatic hydroxyl groups excluding tert-OH is 2. The fourth-order valence-corrected chi connectivity index (χ4v) is 2.40. The molecule has 3 heterocycles. The maximum Gasteiger partial charge on any atom is 0.278 e. The molecule has 1 saturated heterocycles. The summed E-state index contributed by atoms with van der Waals surface area (Å²) in [5, 5.41) is 19.2. The Labute approximate surface area is 112 Å². The third-order valence-electron chi connectivity index (χ3n) is 3.40. The standard InChI is InChI=1S/C11H14N4O5/c1-19-8-7(17)5(2-16)20-11(8)15-4-14-6-9(15)12-3-13-10(6)18/h3-5,7-8,11,16-17H,2H2,1H3,(H,12,13,18)/t5-,7+,8-,11-/m0/s1. The molecular weight excluding hydrogens is 268 g/mol.